The molecule has 26 heavy (non-hydrogen) atoms. The molecule has 1 fully saturated rings. The fraction of sp³-hybridized carbons (Fsp3) is 0.250. The minimum absolute atomic E-state index is 0.252. The molecule has 2 heterocycles. The van der Waals surface area contributed by atoms with E-state index in [0.29, 0.717) is 11.3 Å². The van der Waals surface area contributed by atoms with E-state index in [1.54, 1.807) is 6.07 Å². The number of halogens is 1. The molecule has 0 saturated carbocycles. The number of hydrogen-bond acceptors (Lipinski definition) is 4. The Balaban J connectivity index is 1.41. The average Bonchev–Trinajstić information content (AvgIpc) is 3.07. The summed E-state index contributed by atoms with van der Waals surface area (Å²) in [6, 6.07) is 15.3. The fourth-order valence-electron chi connectivity index (χ4n) is 3.03. The van der Waals surface area contributed by atoms with E-state index in [9.17, 15) is 4.79 Å². The molecule has 0 unspecified atom stereocenters. The Labute approximate surface area is 160 Å². The van der Waals surface area contributed by atoms with Gasteiger partial charge in [0, 0.05) is 35.2 Å². The topological polar surface area (TPSA) is 54.7 Å². The normalized spacial score (nSPS) is 15.3. The van der Waals surface area contributed by atoms with Crippen LogP contribution in [0.5, 0.6) is 0 Å². The Morgan fingerprint density at radius 2 is 1.85 bits per heavy atom. The zero-order chi connectivity index (χ0) is 17.9. The van der Waals surface area contributed by atoms with Crippen LogP contribution in [0, 0.1) is 0 Å². The Morgan fingerprint density at radius 1 is 1.08 bits per heavy atom. The molecule has 0 spiro atoms. The molecule has 1 amide bonds. The highest BCUT2D eigenvalue weighted by Gasteiger charge is 2.14. The highest BCUT2D eigenvalue weighted by Crippen LogP contribution is 2.24. The zero-order valence-electron chi connectivity index (χ0n) is 14.2. The first-order valence-corrected chi connectivity index (χ1v) is 9.36. The van der Waals surface area contributed by atoms with Gasteiger partial charge in [-0.15, -0.1) is 0 Å². The predicted octanol–water partition coefficient (Wildman–Crippen LogP) is 4.28. The summed E-state index contributed by atoms with van der Waals surface area (Å²) in [5.41, 5.74) is 2.67. The smallest absolute Gasteiger partial charge is 0.291 e. The Bertz CT molecular complexity index is 914. The lowest BCUT2D eigenvalue weighted by molar-refractivity contribution is 0.0342. The van der Waals surface area contributed by atoms with Crippen molar-refractivity contribution in [1.29, 1.82) is 0 Å². The van der Waals surface area contributed by atoms with Crippen LogP contribution in [-0.2, 0) is 11.3 Å². The first kappa shape index (κ1) is 17.3. The van der Waals surface area contributed by atoms with Crippen LogP contribution in [0.4, 0.5) is 5.69 Å². The summed E-state index contributed by atoms with van der Waals surface area (Å²) in [7, 11) is 0. The third-order valence-corrected chi connectivity index (χ3v) is 4.92. The number of morpholine rings is 1. The molecule has 0 aliphatic carbocycles. The second-order valence-electron chi connectivity index (χ2n) is 6.33. The number of fused-ring (bicyclic) bond motifs is 1. The third kappa shape index (κ3) is 3.98. The van der Waals surface area contributed by atoms with Crippen molar-refractivity contribution >= 4 is 38.5 Å². The van der Waals surface area contributed by atoms with Crippen LogP contribution in [0.2, 0.25) is 0 Å². The number of rotatable bonds is 4. The molecule has 2 aromatic carbocycles. The second kappa shape index (κ2) is 7.61. The van der Waals surface area contributed by atoms with E-state index >= 15 is 0 Å². The lowest BCUT2D eigenvalue weighted by atomic mass is 10.2. The highest BCUT2D eigenvalue weighted by molar-refractivity contribution is 9.10. The van der Waals surface area contributed by atoms with Gasteiger partial charge in [0.2, 0.25) is 0 Å². The summed E-state index contributed by atoms with van der Waals surface area (Å²) in [6.07, 6.45) is 0. The summed E-state index contributed by atoms with van der Waals surface area (Å²) in [4.78, 5) is 14.8. The molecule has 0 bridgehead atoms. The number of ether oxygens (including phenoxy) is 1. The molecule has 4 rings (SSSR count). The maximum atomic E-state index is 12.4. The van der Waals surface area contributed by atoms with E-state index in [4.69, 9.17) is 9.15 Å². The maximum absolute atomic E-state index is 12.4. The van der Waals surface area contributed by atoms with E-state index in [2.05, 4.69) is 26.1 Å². The highest BCUT2D eigenvalue weighted by atomic mass is 79.9. The van der Waals surface area contributed by atoms with Gasteiger partial charge in [-0.25, -0.2) is 0 Å². The van der Waals surface area contributed by atoms with Crippen molar-refractivity contribution in [2.24, 2.45) is 0 Å². The number of carbonyl (C=O) groups is 1. The molecule has 6 heteroatoms. The van der Waals surface area contributed by atoms with Gasteiger partial charge in [0.1, 0.15) is 5.58 Å². The van der Waals surface area contributed by atoms with E-state index < -0.39 is 0 Å². The SMILES string of the molecule is O=C(Nc1ccc(CN2CCOCC2)cc1)c1cc2cc(Br)ccc2o1. The van der Waals surface area contributed by atoms with Gasteiger partial charge in [-0.1, -0.05) is 28.1 Å². The monoisotopic (exact) mass is 414 g/mol. The number of hydrogen-bond donors (Lipinski definition) is 1. The quantitative estimate of drug-likeness (QED) is 0.691. The minimum Gasteiger partial charge on any atom is -0.451 e. The van der Waals surface area contributed by atoms with Crippen LogP contribution in [-0.4, -0.2) is 37.1 Å². The first-order chi connectivity index (χ1) is 12.7. The average molecular weight is 415 g/mol. The first-order valence-electron chi connectivity index (χ1n) is 8.57. The van der Waals surface area contributed by atoms with Gasteiger partial charge in [-0.2, -0.15) is 0 Å². The van der Waals surface area contributed by atoms with Crippen molar-refractivity contribution in [3.63, 3.8) is 0 Å². The number of carbonyl (C=O) groups excluding carboxylic acids is 1. The minimum atomic E-state index is -0.252. The van der Waals surface area contributed by atoms with Crippen molar-refractivity contribution < 1.29 is 13.9 Å². The molecule has 1 aromatic heterocycles. The third-order valence-electron chi connectivity index (χ3n) is 4.42. The molecular formula is C20H19BrN2O3. The second-order valence-corrected chi connectivity index (χ2v) is 7.25. The van der Waals surface area contributed by atoms with Crippen LogP contribution < -0.4 is 5.32 Å². The molecule has 0 radical (unpaired) electrons. The summed E-state index contributed by atoms with van der Waals surface area (Å²) in [5, 5.41) is 3.78. The number of furan rings is 1. The van der Waals surface area contributed by atoms with E-state index in [-0.39, 0.29) is 5.91 Å². The molecule has 3 aromatic rings. The van der Waals surface area contributed by atoms with Crippen LogP contribution >= 0.6 is 15.9 Å². The van der Waals surface area contributed by atoms with Gasteiger partial charge in [0.15, 0.2) is 5.76 Å². The lowest BCUT2D eigenvalue weighted by Crippen LogP contribution is -2.35. The van der Waals surface area contributed by atoms with Crippen LogP contribution in [0.3, 0.4) is 0 Å². The van der Waals surface area contributed by atoms with Gasteiger partial charge in [0.25, 0.3) is 5.91 Å². The van der Waals surface area contributed by atoms with Gasteiger partial charge < -0.3 is 14.5 Å². The van der Waals surface area contributed by atoms with Gasteiger partial charge >= 0.3 is 0 Å². The van der Waals surface area contributed by atoms with Gasteiger partial charge in [-0.05, 0) is 42.0 Å². The van der Waals surface area contributed by atoms with Crippen molar-refractivity contribution in [2.45, 2.75) is 6.54 Å². The molecule has 134 valence electrons. The van der Waals surface area contributed by atoms with E-state index in [1.807, 2.05) is 42.5 Å². The summed E-state index contributed by atoms with van der Waals surface area (Å²) in [5.74, 6) is 0.0498. The van der Waals surface area contributed by atoms with Crippen molar-refractivity contribution in [3.05, 3.63) is 64.3 Å². The molecule has 1 aliphatic rings. The molecule has 0 atom stereocenters. The molecule has 5 nitrogen and oxygen atoms in total. The van der Waals surface area contributed by atoms with E-state index in [1.165, 1.54) is 5.56 Å². The van der Waals surface area contributed by atoms with Crippen molar-refractivity contribution in [1.82, 2.24) is 4.90 Å². The maximum Gasteiger partial charge on any atom is 0.291 e. The standard InChI is InChI=1S/C20H19BrN2O3/c21-16-3-6-18-15(11-16)12-19(26-18)20(24)22-17-4-1-14(2-5-17)13-23-7-9-25-10-8-23/h1-6,11-12H,7-10,13H2,(H,22,24). The summed E-state index contributed by atoms with van der Waals surface area (Å²) < 4.78 is 12.0. The Morgan fingerprint density at radius 3 is 2.62 bits per heavy atom. The van der Waals surface area contributed by atoms with Crippen LogP contribution in [0.1, 0.15) is 16.1 Å². The predicted molar refractivity (Wildman–Crippen MR) is 104 cm³/mol. The lowest BCUT2D eigenvalue weighted by Gasteiger charge is -2.26. The molecule has 1 saturated heterocycles. The number of nitrogens with one attached hydrogen (secondary N) is 1. The molecule has 1 N–H and O–H groups in total. The van der Waals surface area contributed by atoms with Crippen LogP contribution in [0.25, 0.3) is 11.0 Å². The zero-order valence-corrected chi connectivity index (χ0v) is 15.8. The Hall–Kier alpha value is -2.15. The Kier molecular flexibility index (Phi) is 5.06. The number of benzene rings is 2. The fourth-order valence-corrected chi connectivity index (χ4v) is 3.41. The molecular weight excluding hydrogens is 396 g/mol. The number of amides is 1. The van der Waals surface area contributed by atoms with Gasteiger partial charge in [0.05, 0.1) is 13.2 Å². The summed E-state index contributed by atoms with van der Waals surface area (Å²) in [6.45, 7) is 4.40. The van der Waals surface area contributed by atoms with Crippen LogP contribution in [0.15, 0.2) is 57.4 Å². The van der Waals surface area contributed by atoms with Gasteiger partial charge in [-0.3, -0.25) is 9.69 Å². The largest absolute Gasteiger partial charge is 0.451 e. The van der Waals surface area contributed by atoms with Crippen molar-refractivity contribution in [3.8, 4) is 0 Å². The molecule has 1 aliphatic heterocycles. The number of nitrogens with zero attached hydrogens (tertiary/aromatic N) is 1. The van der Waals surface area contributed by atoms with Crippen molar-refractivity contribution in [2.75, 3.05) is 31.6 Å². The number of anilines is 1. The van der Waals surface area contributed by atoms with E-state index in [0.717, 1.165) is 48.4 Å². The summed E-state index contributed by atoms with van der Waals surface area (Å²) >= 11 is 3.42.